The lowest BCUT2D eigenvalue weighted by atomic mass is 10.1. The second-order valence-electron chi connectivity index (χ2n) is 7.90. The Hall–Kier alpha value is -3.70. The number of carbonyl (C=O) groups is 1. The zero-order chi connectivity index (χ0) is 24.9. The maximum Gasteiger partial charge on any atom is 0.286 e. The number of carbonyl (C=O) groups excluding carboxylic acids is 1. The van der Waals surface area contributed by atoms with Gasteiger partial charge in [-0.2, -0.15) is 0 Å². The molecule has 2 aromatic carbocycles. The number of thiazole rings is 1. The van der Waals surface area contributed by atoms with Gasteiger partial charge in [0.2, 0.25) is 0 Å². The van der Waals surface area contributed by atoms with Crippen molar-refractivity contribution in [2.45, 2.75) is 6.54 Å². The summed E-state index contributed by atoms with van der Waals surface area (Å²) in [6.45, 7) is 2.88. The van der Waals surface area contributed by atoms with E-state index in [1.54, 1.807) is 23.3 Å². The molecule has 0 spiro atoms. The molecule has 0 unspecified atom stereocenters. The number of ether oxygens (including phenoxy) is 3. The predicted octanol–water partition coefficient (Wildman–Crippen LogP) is 3.70. The van der Waals surface area contributed by atoms with Gasteiger partial charge in [0.05, 0.1) is 44.6 Å². The van der Waals surface area contributed by atoms with Crippen LogP contribution in [0.4, 0.5) is 5.69 Å². The Morgan fingerprint density at radius 1 is 1.03 bits per heavy atom. The molecule has 1 amide bonds. The Kier molecular flexibility index (Phi) is 7.47. The highest BCUT2D eigenvalue weighted by Gasteiger charge is 2.30. The molecular weight excluding hydrogens is 472 g/mol. The number of rotatable bonds is 8. The average Bonchev–Trinajstić information content (AvgIpc) is 3.36. The van der Waals surface area contributed by atoms with Crippen LogP contribution in [-0.2, 0) is 6.54 Å². The van der Waals surface area contributed by atoms with Gasteiger partial charge in [0.1, 0.15) is 16.3 Å². The Morgan fingerprint density at radius 2 is 1.69 bits per heavy atom. The van der Waals surface area contributed by atoms with Crippen LogP contribution >= 0.6 is 11.3 Å². The van der Waals surface area contributed by atoms with E-state index in [0.717, 1.165) is 22.0 Å². The minimum Gasteiger partial charge on any atom is -0.497 e. The number of nitrogens with zero attached hydrogens (tertiary/aromatic N) is 4. The highest BCUT2D eigenvalue weighted by atomic mass is 32.1. The molecule has 0 radical (unpaired) electrons. The zero-order valence-corrected chi connectivity index (χ0v) is 20.5. The first-order valence-electron chi connectivity index (χ1n) is 10.9. The molecule has 1 aromatic heterocycles. The molecule has 2 heterocycles. The third-order valence-electron chi connectivity index (χ3n) is 5.88. The van der Waals surface area contributed by atoms with Crippen LogP contribution in [0.5, 0.6) is 17.2 Å². The highest BCUT2D eigenvalue weighted by Crippen LogP contribution is 2.35. The topological polar surface area (TPSA) is 107 Å². The van der Waals surface area contributed by atoms with Crippen LogP contribution in [0.1, 0.15) is 15.4 Å². The smallest absolute Gasteiger partial charge is 0.286 e. The molecule has 0 saturated carbocycles. The molecule has 184 valence electrons. The second kappa shape index (κ2) is 10.7. The fraction of sp³-hybridized carbons (Fsp3) is 0.333. The van der Waals surface area contributed by atoms with Crippen LogP contribution in [-0.4, -0.2) is 73.1 Å². The van der Waals surface area contributed by atoms with Gasteiger partial charge in [0.15, 0.2) is 11.5 Å². The van der Waals surface area contributed by atoms with Crippen molar-refractivity contribution < 1.29 is 23.9 Å². The number of benzene rings is 2. The number of aromatic nitrogens is 1. The van der Waals surface area contributed by atoms with Gasteiger partial charge < -0.3 is 19.1 Å². The summed E-state index contributed by atoms with van der Waals surface area (Å²) >= 11 is 1.60. The number of amides is 1. The minimum atomic E-state index is -0.575. The van der Waals surface area contributed by atoms with Crippen LogP contribution in [0.15, 0.2) is 41.8 Å². The van der Waals surface area contributed by atoms with E-state index in [9.17, 15) is 14.9 Å². The van der Waals surface area contributed by atoms with E-state index in [-0.39, 0.29) is 22.7 Å². The molecule has 1 aliphatic heterocycles. The van der Waals surface area contributed by atoms with Gasteiger partial charge in [-0.05, 0) is 24.3 Å². The maximum atomic E-state index is 13.2. The van der Waals surface area contributed by atoms with E-state index in [1.807, 2.05) is 29.6 Å². The van der Waals surface area contributed by atoms with Crippen LogP contribution in [0.3, 0.4) is 0 Å². The summed E-state index contributed by atoms with van der Waals surface area (Å²) < 4.78 is 15.6. The molecule has 0 atom stereocenters. The number of piperazine rings is 1. The fourth-order valence-corrected chi connectivity index (χ4v) is 4.78. The number of nitro benzene ring substituents is 1. The van der Waals surface area contributed by atoms with E-state index in [0.29, 0.717) is 32.7 Å². The molecule has 0 bridgehead atoms. The molecule has 11 heteroatoms. The quantitative estimate of drug-likeness (QED) is 0.342. The molecule has 1 aliphatic rings. The zero-order valence-electron chi connectivity index (χ0n) is 19.7. The van der Waals surface area contributed by atoms with Crippen molar-refractivity contribution in [3.8, 4) is 28.5 Å². The van der Waals surface area contributed by atoms with Crippen LogP contribution in [0, 0.1) is 10.1 Å². The number of hydrogen-bond donors (Lipinski definition) is 0. The summed E-state index contributed by atoms with van der Waals surface area (Å²) in [5, 5.41) is 14.6. The Balaban J connectivity index is 1.40. The minimum absolute atomic E-state index is 0.00911. The van der Waals surface area contributed by atoms with Crippen molar-refractivity contribution >= 4 is 22.9 Å². The van der Waals surface area contributed by atoms with Gasteiger partial charge in [-0.1, -0.05) is 0 Å². The summed E-state index contributed by atoms with van der Waals surface area (Å²) in [5.41, 5.74) is 1.64. The predicted molar refractivity (Wildman–Crippen MR) is 131 cm³/mol. The van der Waals surface area contributed by atoms with Crippen molar-refractivity contribution in [1.82, 2.24) is 14.8 Å². The van der Waals surface area contributed by atoms with E-state index in [4.69, 9.17) is 19.2 Å². The van der Waals surface area contributed by atoms with E-state index >= 15 is 0 Å². The lowest BCUT2D eigenvalue weighted by molar-refractivity contribution is -0.385. The first kappa shape index (κ1) is 24.4. The molecule has 35 heavy (non-hydrogen) atoms. The van der Waals surface area contributed by atoms with Gasteiger partial charge in [-0.25, -0.2) is 4.98 Å². The third kappa shape index (κ3) is 5.36. The summed E-state index contributed by atoms with van der Waals surface area (Å²) in [6, 6.07) is 10.4. The first-order valence-corrected chi connectivity index (χ1v) is 11.8. The normalized spacial score (nSPS) is 14.0. The third-order valence-corrected chi connectivity index (χ3v) is 6.72. The summed E-state index contributed by atoms with van der Waals surface area (Å²) in [6.07, 6.45) is 0. The molecule has 0 aliphatic carbocycles. The number of nitro groups is 1. The van der Waals surface area contributed by atoms with E-state index in [2.05, 4.69) is 4.90 Å². The monoisotopic (exact) mass is 498 g/mol. The standard InChI is InChI=1S/C24H26N4O6S/c1-32-17-6-4-16(5-7-17)19-15-35-23(25-19)14-26-8-10-27(11-9-26)24(29)18-12-21(33-2)22(34-3)13-20(18)28(30)31/h4-7,12-13,15H,8-11,14H2,1-3H3. The SMILES string of the molecule is COc1ccc(-c2csc(CN3CCN(C(=O)c4cc(OC)c(OC)cc4[N+](=O)[O-])CC3)n2)cc1. The van der Waals surface area contributed by atoms with Crippen LogP contribution in [0.2, 0.25) is 0 Å². The largest absolute Gasteiger partial charge is 0.497 e. The van der Waals surface area contributed by atoms with Gasteiger partial charge in [-0.15, -0.1) is 11.3 Å². The Bertz CT molecular complexity index is 1210. The molecule has 3 aromatic rings. The first-order chi connectivity index (χ1) is 16.9. The van der Waals surface area contributed by atoms with Crippen molar-refractivity contribution in [2.24, 2.45) is 0 Å². The average molecular weight is 499 g/mol. The van der Waals surface area contributed by atoms with Crippen molar-refractivity contribution in [1.29, 1.82) is 0 Å². The molecule has 0 N–H and O–H groups in total. The molecule has 4 rings (SSSR count). The molecule has 1 fully saturated rings. The van der Waals surface area contributed by atoms with Crippen molar-refractivity contribution in [3.63, 3.8) is 0 Å². The Morgan fingerprint density at radius 3 is 2.29 bits per heavy atom. The van der Waals surface area contributed by atoms with Crippen molar-refractivity contribution in [3.05, 3.63) is 62.5 Å². The van der Waals surface area contributed by atoms with Gasteiger partial charge >= 0.3 is 0 Å². The van der Waals surface area contributed by atoms with Gasteiger partial charge in [0.25, 0.3) is 11.6 Å². The lowest BCUT2D eigenvalue weighted by Gasteiger charge is -2.34. The van der Waals surface area contributed by atoms with Gasteiger partial charge in [-0.3, -0.25) is 19.8 Å². The molecule has 10 nitrogen and oxygen atoms in total. The highest BCUT2D eigenvalue weighted by molar-refractivity contribution is 7.09. The van der Waals surface area contributed by atoms with Crippen LogP contribution in [0.25, 0.3) is 11.3 Å². The fourth-order valence-electron chi connectivity index (χ4n) is 3.94. The molecule has 1 saturated heterocycles. The molecular formula is C24H26N4O6S. The maximum absolute atomic E-state index is 13.2. The number of methoxy groups -OCH3 is 3. The number of hydrogen-bond acceptors (Lipinski definition) is 9. The summed E-state index contributed by atoms with van der Waals surface area (Å²) in [5.74, 6) is 0.887. The summed E-state index contributed by atoms with van der Waals surface area (Å²) in [7, 11) is 4.46. The Labute approximate surface area is 206 Å². The van der Waals surface area contributed by atoms with E-state index < -0.39 is 10.8 Å². The van der Waals surface area contributed by atoms with Crippen LogP contribution < -0.4 is 14.2 Å². The van der Waals surface area contributed by atoms with Crippen molar-refractivity contribution in [2.75, 3.05) is 47.5 Å². The van der Waals surface area contributed by atoms with E-state index in [1.165, 1.54) is 26.4 Å². The lowest BCUT2D eigenvalue weighted by Crippen LogP contribution is -2.48. The summed E-state index contributed by atoms with van der Waals surface area (Å²) in [4.78, 5) is 32.8. The van der Waals surface area contributed by atoms with Gasteiger partial charge in [0, 0.05) is 43.2 Å². The second-order valence-corrected chi connectivity index (χ2v) is 8.85.